The molecule has 0 saturated heterocycles. The number of nitro groups is 1. The summed E-state index contributed by atoms with van der Waals surface area (Å²) < 4.78 is 0. The minimum atomic E-state index is -0.409. The molecule has 0 radical (unpaired) electrons. The lowest BCUT2D eigenvalue weighted by atomic mass is 10.0. The molecule has 0 aliphatic heterocycles. The van der Waals surface area contributed by atoms with Crippen molar-refractivity contribution in [1.29, 1.82) is 5.26 Å². The molecular formula is C14H10N2O2. The van der Waals surface area contributed by atoms with Gasteiger partial charge in [-0.05, 0) is 16.7 Å². The molecule has 0 aliphatic carbocycles. The van der Waals surface area contributed by atoms with Crippen LogP contribution in [0.4, 0.5) is 5.69 Å². The van der Waals surface area contributed by atoms with Crippen molar-refractivity contribution in [2.45, 2.75) is 6.42 Å². The van der Waals surface area contributed by atoms with Crippen LogP contribution >= 0.6 is 0 Å². The highest BCUT2D eigenvalue weighted by Gasteiger charge is 2.06. The maximum absolute atomic E-state index is 10.7. The van der Waals surface area contributed by atoms with E-state index >= 15 is 0 Å². The normalized spacial score (nSPS) is 9.72. The van der Waals surface area contributed by atoms with Gasteiger partial charge in [-0.25, -0.2) is 0 Å². The second kappa shape index (κ2) is 5.11. The SMILES string of the molecule is N#CCc1ccc(-c2cccc([N+](=O)[O-])c2)cc1. The Morgan fingerprint density at radius 1 is 1.11 bits per heavy atom. The third-order valence-corrected chi connectivity index (χ3v) is 2.63. The third kappa shape index (κ3) is 2.53. The lowest BCUT2D eigenvalue weighted by Crippen LogP contribution is -1.88. The predicted molar refractivity (Wildman–Crippen MR) is 67.8 cm³/mol. The first-order valence-corrected chi connectivity index (χ1v) is 5.41. The number of nitrogens with zero attached hydrogens (tertiary/aromatic N) is 2. The van der Waals surface area contributed by atoms with E-state index in [-0.39, 0.29) is 5.69 Å². The Kier molecular flexibility index (Phi) is 3.35. The summed E-state index contributed by atoms with van der Waals surface area (Å²) in [6.45, 7) is 0. The van der Waals surface area contributed by atoms with Gasteiger partial charge in [0.25, 0.3) is 5.69 Å². The van der Waals surface area contributed by atoms with Gasteiger partial charge < -0.3 is 0 Å². The first-order valence-electron chi connectivity index (χ1n) is 5.41. The molecule has 0 bridgehead atoms. The molecule has 0 saturated carbocycles. The Morgan fingerprint density at radius 2 is 1.83 bits per heavy atom. The molecule has 4 heteroatoms. The van der Waals surface area contributed by atoms with Crippen molar-refractivity contribution < 1.29 is 4.92 Å². The molecule has 0 aromatic heterocycles. The van der Waals surface area contributed by atoms with Crippen LogP contribution in [0.5, 0.6) is 0 Å². The molecule has 2 aromatic carbocycles. The zero-order valence-electron chi connectivity index (χ0n) is 9.54. The standard InChI is InChI=1S/C14H10N2O2/c15-9-8-11-4-6-12(7-5-11)13-2-1-3-14(10-13)16(17)18/h1-7,10H,8H2. The van der Waals surface area contributed by atoms with Crippen molar-refractivity contribution >= 4 is 5.69 Å². The van der Waals surface area contributed by atoms with Gasteiger partial charge in [-0.1, -0.05) is 36.4 Å². The van der Waals surface area contributed by atoms with Crippen LogP contribution in [0.3, 0.4) is 0 Å². The molecule has 2 rings (SSSR count). The first kappa shape index (κ1) is 11.8. The van der Waals surface area contributed by atoms with Crippen molar-refractivity contribution in [3.63, 3.8) is 0 Å². The molecular weight excluding hydrogens is 228 g/mol. The summed E-state index contributed by atoms with van der Waals surface area (Å²) in [5.74, 6) is 0. The van der Waals surface area contributed by atoms with Crippen molar-refractivity contribution in [1.82, 2.24) is 0 Å². The van der Waals surface area contributed by atoms with Crippen LogP contribution in [0.15, 0.2) is 48.5 Å². The van der Waals surface area contributed by atoms with E-state index < -0.39 is 4.92 Å². The van der Waals surface area contributed by atoms with E-state index in [1.165, 1.54) is 6.07 Å². The van der Waals surface area contributed by atoms with Crippen LogP contribution in [0.2, 0.25) is 0 Å². The average Bonchev–Trinajstić information content (AvgIpc) is 2.40. The van der Waals surface area contributed by atoms with Crippen LogP contribution in [0.25, 0.3) is 11.1 Å². The lowest BCUT2D eigenvalue weighted by Gasteiger charge is -2.02. The summed E-state index contributed by atoms with van der Waals surface area (Å²) in [6.07, 6.45) is 0.370. The molecule has 4 nitrogen and oxygen atoms in total. The fourth-order valence-corrected chi connectivity index (χ4v) is 1.71. The van der Waals surface area contributed by atoms with Crippen LogP contribution in [0, 0.1) is 21.4 Å². The van der Waals surface area contributed by atoms with Crippen LogP contribution in [-0.4, -0.2) is 4.92 Å². The number of hydrogen-bond donors (Lipinski definition) is 0. The summed E-state index contributed by atoms with van der Waals surface area (Å²) >= 11 is 0. The molecule has 0 unspecified atom stereocenters. The van der Waals surface area contributed by atoms with Gasteiger partial charge >= 0.3 is 0 Å². The van der Waals surface area contributed by atoms with Crippen molar-refractivity contribution in [2.24, 2.45) is 0 Å². The van der Waals surface area contributed by atoms with Gasteiger partial charge in [0.1, 0.15) is 0 Å². The lowest BCUT2D eigenvalue weighted by molar-refractivity contribution is -0.384. The summed E-state index contributed by atoms with van der Waals surface area (Å²) in [5, 5.41) is 19.3. The summed E-state index contributed by atoms with van der Waals surface area (Å²) in [4.78, 5) is 10.3. The molecule has 88 valence electrons. The number of rotatable bonds is 3. The van der Waals surface area contributed by atoms with Crippen molar-refractivity contribution in [3.8, 4) is 17.2 Å². The van der Waals surface area contributed by atoms with Crippen molar-refractivity contribution in [2.75, 3.05) is 0 Å². The highest BCUT2D eigenvalue weighted by Crippen LogP contribution is 2.24. The summed E-state index contributed by atoms with van der Waals surface area (Å²) in [5.41, 5.74) is 2.72. The highest BCUT2D eigenvalue weighted by molar-refractivity contribution is 5.66. The molecule has 0 heterocycles. The number of nitro benzene ring substituents is 1. The maximum Gasteiger partial charge on any atom is 0.270 e. The van der Waals surface area contributed by atoms with Crippen LogP contribution < -0.4 is 0 Å². The second-order valence-electron chi connectivity index (χ2n) is 3.84. The Morgan fingerprint density at radius 3 is 2.44 bits per heavy atom. The zero-order valence-corrected chi connectivity index (χ0v) is 9.54. The molecule has 0 amide bonds. The molecule has 0 N–H and O–H groups in total. The van der Waals surface area contributed by atoms with Crippen LogP contribution in [0.1, 0.15) is 5.56 Å². The Bertz CT molecular complexity index is 612. The molecule has 0 fully saturated rings. The van der Waals surface area contributed by atoms with E-state index in [0.717, 1.165) is 16.7 Å². The molecule has 0 aliphatic rings. The molecule has 18 heavy (non-hydrogen) atoms. The predicted octanol–water partition coefficient (Wildman–Crippen LogP) is 3.33. The van der Waals surface area contributed by atoms with Gasteiger partial charge in [0.05, 0.1) is 17.4 Å². The Balaban J connectivity index is 2.34. The van der Waals surface area contributed by atoms with E-state index in [0.29, 0.717) is 6.42 Å². The fraction of sp³-hybridized carbons (Fsp3) is 0.0714. The number of nitriles is 1. The minimum absolute atomic E-state index is 0.0774. The fourth-order valence-electron chi connectivity index (χ4n) is 1.71. The van der Waals surface area contributed by atoms with Crippen molar-refractivity contribution in [3.05, 3.63) is 64.2 Å². The van der Waals surface area contributed by atoms with E-state index in [2.05, 4.69) is 6.07 Å². The van der Waals surface area contributed by atoms with E-state index in [1.54, 1.807) is 12.1 Å². The largest absolute Gasteiger partial charge is 0.270 e. The molecule has 0 spiro atoms. The zero-order chi connectivity index (χ0) is 13.0. The maximum atomic E-state index is 10.7. The van der Waals surface area contributed by atoms with Gasteiger partial charge in [0.2, 0.25) is 0 Å². The Labute approximate surface area is 104 Å². The second-order valence-corrected chi connectivity index (χ2v) is 3.84. The number of non-ortho nitro benzene ring substituents is 1. The minimum Gasteiger partial charge on any atom is -0.258 e. The van der Waals surface area contributed by atoms with Crippen LogP contribution in [-0.2, 0) is 6.42 Å². The number of hydrogen-bond acceptors (Lipinski definition) is 3. The van der Waals surface area contributed by atoms with E-state index in [4.69, 9.17) is 5.26 Å². The summed E-state index contributed by atoms with van der Waals surface area (Å²) in [7, 11) is 0. The average molecular weight is 238 g/mol. The third-order valence-electron chi connectivity index (χ3n) is 2.63. The molecule has 2 aromatic rings. The highest BCUT2D eigenvalue weighted by atomic mass is 16.6. The topological polar surface area (TPSA) is 66.9 Å². The van der Waals surface area contributed by atoms with Gasteiger partial charge in [-0.3, -0.25) is 10.1 Å². The first-order chi connectivity index (χ1) is 8.70. The quantitative estimate of drug-likeness (QED) is 0.608. The summed E-state index contributed by atoms with van der Waals surface area (Å²) in [6, 6.07) is 16.0. The van der Waals surface area contributed by atoms with Gasteiger partial charge in [0.15, 0.2) is 0 Å². The number of benzene rings is 2. The van der Waals surface area contributed by atoms with Gasteiger partial charge in [-0.2, -0.15) is 5.26 Å². The van der Waals surface area contributed by atoms with Gasteiger partial charge in [-0.15, -0.1) is 0 Å². The van der Waals surface area contributed by atoms with E-state index in [9.17, 15) is 10.1 Å². The Hall–Kier alpha value is -2.67. The van der Waals surface area contributed by atoms with E-state index in [1.807, 2.05) is 30.3 Å². The smallest absolute Gasteiger partial charge is 0.258 e. The van der Waals surface area contributed by atoms with Gasteiger partial charge in [0, 0.05) is 12.1 Å². The monoisotopic (exact) mass is 238 g/mol. The molecule has 0 atom stereocenters.